The standard InChI is InChI=1S/C20H30N2O5S/c1-15-12-22(16(2)14-23)28(24,25)20-9-8-17(7-6-10-26-5)11-18(20)27-19(15)13-21(3)4/h8-9,11,15-16,19,23H,10,12-14H2,1-5H3/t15-,16+,19+/m1/s1. The summed E-state index contributed by atoms with van der Waals surface area (Å²) in [6.45, 7) is 4.63. The van der Waals surface area contributed by atoms with Gasteiger partial charge in [0.25, 0.3) is 0 Å². The van der Waals surface area contributed by atoms with Crippen molar-refractivity contribution >= 4 is 10.0 Å². The van der Waals surface area contributed by atoms with Crippen molar-refractivity contribution in [1.82, 2.24) is 9.21 Å². The third-order valence-corrected chi connectivity index (χ3v) is 6.68. The number of likely N-dealkylation sites (N-methyl/N-ethyl adjacent to an activating group) is 1. The highest BCUT2D eigenvalue weighted by atomic mass is 32.2. The number of hydrogen-bond donors (Lipinski definition) is 1. The van der Waals surface area contributed by atoms with E-state index < -0.39 is 16.1 Å². The van der Waals surface area contributed by atoms with E-state index in [-0.39, 0.29) is 35.8 Å². The van der Waals surface area contributed by atoms with E-state index in [0.29, 0.717) is 18.7 Å². The molecule has 156 valence electrons. The van der Waals surface area contributed by atoms with Gasteiger partial charge in [-0.1, -0.05) is 18.8 Å². The summed E-state index contributed by atoms with van der Waals surface area (Å²) < 4.78 is 39.1. The molecule has 1 aliphatic heterocycles. The van der Waals surface area contributed by atoms with Crippen LogP contribution < -0.4 is 4.74 Å². The minimum absolute atomic E-state index is 0.0671. The summed E-state index contributed by atoms with van der Waals surface area (Å²) in [5, 5.41) is 9.62. The van der Waals surface area contributed by atoms with Crippen LogP contribution in [0.4, 0.5) is 0 Å². The van der Waals surface area contributed by atoms with Crippen LogP contribution >= 0.6 is 0 Å². The molecule has 0 unspecified atom stereocenters. The number of methoxy groups -OCH3 is 1. The number of sulfonamides is 1. The Morgan fingerprint density at radius 3 is 2.75 bits per heavy atom. The molecule has 1 aliphatic rings. The Morgan fingerprint density at radius 1 is 1.43 bits per heavy atom. The molecule has 2 rings (SSSR count). The predicted molar refractivity (Wildman–Crippen MR) is 108 cm³/mol. The minimum atomic E-state index is -3.82. The highest BCUT2D eigenvalue weighted by molar-refractivity contribution is 7.89. The maximum atomic E-state index is 13.3. The van der Waals surface area contributed by atoms with Crippen molar-refractivity contribution in [3.05, 3.63) is 23.8 Å². The lowest BCUT2D eigenvalue weighted by Gasteiger charge is -2.37. The largest absolute Gasteiger partial charge is 0.487 e. The summed E-state index contributed by atoms with van der Waals surface area (Å²) in [4.78, 5) is 2.11. The lowest BCUT2D eigenvalue weighted by Crippen LogP contribution is -2.49. The zero-order valence-corrected chi connectivity index (χ0v) is 18.0. The molecule has 1 aromatic carbocycles. The number of benzene rings is 1. The Labute approximate surface area is 168 Å². The van der Waals surface area contributed by atoms with E-state index in [4.69, 9.17) is 9.47 Å². The molecule has 7 nitrogen and oxygen atoms in total. The highest BCUT2D eigenvalue weighted by Gasteiger charge is 2.37. The molecule has 0 saturated heterocycles. The first kappa shape index (κ1) is 22.7. The summed E-state index contributed by atoms with van der Waals surface area (Å²) in [5.74, 6) is 6.05. The lowest BCUT2D eigenvalue weighted by molar-refractivity contribution is 0.0812. The van der Waals surface area contributed by atoms with Crippen LogP contribution in [0.5, 0.6) is 5.75 Å². The van der Waals surface area contributed by atoms with Crippen molar-refractivity contribution in [2.24, 2.45) is 5.92 Å². The molecule has 1 heterocycles. The van der Waals surface area contributed by atoms with Crippen LogP contribution in [0.3, 0.4) is 0 Å². The molecule has 3 atom stereocenters. The zero-order chi connectivity index (χ0) is 20.9. The van der Waals surface area contributed by atoms with Gasteiger partial charge in [-0.05, 0) is 39.2 Å². The number of fused-ring (bicyclic) bond motifs is 1. The van der Waals surface area contributed by atoms with Crippen molar-refractivity contribution in [2.75, 3.05) is 47.5 Å². The molecule has 1 N–H and O–H groups in total. The fourth-order valence-corrected chi connectivity index (χ4v) is 4.92. The van der Waals surface area contributed by atoms with Crippen LogP contribution in [0.25, 0.3) is 0 Å². The molecule has 28 heavy (non-hydrogen) atoms. The fourth-order valence-electron chi connectivity index (χ4n) is 3.09. The molecule has 0 amide bonds. The number of nitrogens with zero attached hydrogens (tertiary/aromatic N) is 2. The molecule has 0 spiro atoms. The number of ether oxygens (including phenoxy) is 2. The third kappa shape index (κ3) is 5.25. The van der Waals surface area contributed by atoms with Crippen LogP contribution in [0.15, 0.2) is 23.1 Å². The SMILES string of the molecule is COCC#Cc1ccc2c(c1)O[C@@H](CN(C)C)[C@H](C)CN([C@@H](C)CO)S2(=O)=O. The Bertz CT molecular complexity index is 829. The lowest BCUT2D eigenvalue weighted by atomic mass is 10.0. The topological polar surface area (TPSA) is 79.3 Å². The summed E-state index contributed by atoms with van der Waals surface area (Å²) in [6, 6.07) is 4.33. The van der Waals surface area contributed by atoms with Crippen molar-refractivity contribution in [3.63, 3.8) is 0 Å². The monoisotopic (exact) mass is 410 g/mol. The van der Waals surface area contributed by atoms with Gasteiger partial charge in [-0.25, -0.2) is 8.42 Å². The van der Waals surface area contributed by atoms with Gasteiger partial charge < -0.3 is 19.5 Å². The van der Waals surface area contributed by atoms with Crippen LogP contribution in [0, 0.1) is 17.8 Å². The number of aliphatic hydroxyl groups excluding tert-OH is 1. The van der Waals surface area contributed by atoms with Crippen LogP contribution in [0.1, 0.15) is 19.4 Å². The van der Waals surface area contributed by atoms with Gasteiger partial charge in [-0.2, -0.15) is 4.31 Å². The number of rotatable bonds is 5. The smallest absolute Gasteiger partial charge is 0.247 e. The van der Waals surface area contributed by atoms with Crippen molar-refractivity contribution in [3.8, 4) is 17.6 Å². The Hall–Kier alpha value is -1.63. The number of hydrogen-bond acceptors (Lipinski definition) is 6. The van der Waals surface area contributed by atoms with E-state index in [1.165, 1.54) is 10.4 Å². The van der Waals surface area contributed by atoms with Gasteiger partial charge >= 0.3 is 0 Å². The normalized spacial score (nSPS) is 23.0. The van der Waals surface area contributed by atoms with Crippen molar-refractivity contribution < 1.29 is 23.0 Å². The van der Waals surface area contributed by atoms with Gasteiger partial charge in [-0.3, -0.25) is 0 Å². The minimum Gasteiger partial charge on any atom is -0.487 e. The van der Waals surface area contributed by atoms with Gasteiger partial charge in [0.15, 0.2) is 0 Å². The average molecular weight is 411 g/mol. The van der Waals surface area contributed by atoms with E-state index in [2.05, 4.69) is 11.8 Å². The molecule has 0 radical (unpaired) electrons. The third-order valence-electron chi connectivity index (χ3n) is 4.66. The second-order valence-electron chi connectivity index (χ2n) is 7.40. The van der Waals surface area contributed by atoms with Crippen LogP contribution in [-0.2, 0) is 14.8 Å². The van der Waals surface area contributed by atoms with Crippen LogP contribution in [0.2, 0.25) is 0 Å². The van der Waals surface area contributed by atoms with E-state index in [9.17, 15) is 13.5 Å². The molecular formula is C20H30N2O5S. The Kier molecular flexibility index (Phi) is 7.87. The van der Waals surface area contributed by atoms with Crippen molar-refractivity contribution in [2.45, 2.75) is 30.9 Å². The summed E-state index contributed by atoms with van der Waals surface area (Å²) in [6.07, 6.45) is -0.208. The maximum absolute atomic E-state index is 13.3. The van der Waals surface area contributed by atoms with Gasteiger partial charge in [0.05, 0.1) is 6.61 Å². The summed E-state index contributed by atoms with van der Waals surface area (Å²) >= 11 is 0. The second kappa shape index (κ2) is 9.72. The highest BCUT2D eigenvalue weighted by Crippen LogP contribution is 2.34. The quantitative estimate of drug-likeness (QED) is 0.730. The molecule has 8 heteroatoms. The average Bonchev–Trinajstić information content (AvgIpc) is 2.63. The molecule has 1 aromatic rings. The molecule has 0 bridgehead atoms. The van der Waals surface area contributed by atoms with E-state index in [1.54, 1.807) is 26.2 Å². The van der Waals surface area contributed by atoms with Gasteiger partial charge in [0.2, 0.25) is 10.0 Å². The molecule has 0 aromatic heterocycles. The van der Waals surface area contributed by atoms with E-state index >= 15 is 0 Å². The Balaban J connectivity index is 2.57. The first-order valence-corrected chi connectivity index (χ1v) is 10.7. The van der Waals surface area contributed by atoms with E-state index in [1.807, 2.05) is 25.9 Å². The molecule has 0 fully saturated rings. The molecular weight excluding hydrogens is 380 g/mol. The van der Waals surface area contributed by atoms with Gasteiger partial charge in [-0.15, -0.1) is 0 Å². The fraction of sp³-hybridized carbons (Fsp3) is 0.600. The first-order valence-electron chi connectivity index (χ1n) is 9.26. The summed E-state index contributed by atoms with van der Waals surface area (Å²) in [7, 11) is 1.65. The first-order chi connectivity index (χ1) is 13.2. The second-order valence-corrected chi connectivity index (χ2v) is 9.26. The maximum Gasteiger partial charge on any atom is 0.247 e. The van der Waals surface area contributed by atoms with Gasteiger partial charge in [0.1, 0.15) is 23.4 Å². The van der Waals surface area contributed by atoms with Crippen molar-refractivity contribution in [1.29, 1.82) is 0 Å². The molecule has 0 aliphatic carbocycles. The molecule has 0 saturated carbocycles. The predicted octanol–water partition coefficient (Wildman–Crippen LogP) is 1.01. The Morgan fingerprint density at radius 2 is 2.14 bits per heavy atom. The zero-order valence-electron chi connectivity index (χ0n) is 17.2. The van der Waals surface area contributed by atoms with Crippen LogP contribution in [-0.4, -0.2) is 82.4 Å². The van der Waals surface area contributed by atoms with Gasteiger partial charge in [0, 0.05) is 37.7 Å². The number of aliphatic hydroxyl groups is 1. The summed E-state index contributed by atoms with van der Waals surface area (Å²) in [5.41, 5.74) is 0.657. The van der Waals surface area contributed by atoms with E-state index in [0.717, 1.165) is 0 Å².